The van der Waals surface area contributed by atoms with Gasteiger partial charge in [-0.05, 0) is 68.3 Å². The van der Waals surface area contributed by atoms with Crippen molar-refractivity contribution < 1.29 is 14.3 Å². The van der Waals surface area contributed by atoms with Crippen LogP contribution in [0.4, 0.5) is 11.4 Å². The van der Waals surface area contributed by atoms with Gasteiger partial charge in [0, 0.05) is 16.9 Å². The van der Waals surface area contributed by atoms with Gasteiger partial charge in [-0.25, -0.2) is 0 Å². The number of carbonyl (C=O) groups is 2. The van der Waals surface area contributed by atoms with Crippen molar-refractivity contribution in [2.24, 2.45) is 5.73 Å². The number of anilines is 2. The number of nitrogens with one attached hydrogen (secondary N) is 2. The predicted octanol–water partition coefficient (Wildman–Crippen LogP) is 3.97. The summed E-state index contributed by atoms with van der Waals surface area (Å²) in [5, 5.41) is 5.69. The fraction of sp³-hybridized carbons (Fsp3) is 0.333. The molecule has 0 unspecified atom stereocenters. The first kappa shape index (κ1) is 21.7. The molecule has 1 saturated carbocycles. The summed E-state index contributed by atoms with van der Waals surface area (Å²) in [4.78, 5) is 24.7. The van der Waals surface area contributed by atoms with E-state index in [0.717, 1.165) is 18.6 Å². The topological polar surface area (TPSA) is 93.5 Å². The monoisotopic (exact) mass is 403 g/mol. The number of amides is 2. The molecule has 0 aromatic heterocycles. The fourth-order valence-electron chi connectivity index (χ4n) is 3.20. The second kappa shape index (κ2) is 9.57. The number of ether oxygens (including phenoxy) is 1. The van der Waals surface area contributed by atoms with Crippen molar-refractivity contribution in [3.05, 3.63) is 54.1 Å². The van der Waals surface area contributed by atoms with Gasteiger partial charge in [-0.15, -0.1) is 12.4 Å². The molecular weight excluding hydrogens is 378 g/mol. The van der Waals surface area contributed by atoms with Gasteiger partial charge < -0.3 is 21.1 Å². The molecule has 6 nitrogen and oxygen atoms in total. The van der Waals surface area contributed by atoms with Crippen molar-refractivity contribution in [3.8, 4) is 5.75 Å². The molecule has 0 heterocycles. The zero-order valence-corrected chi connectivity index (χ0v) is 16.7. The highest BCUT2D eigenvalue weighted by atomic mass is 35.5. The summed E-state index contributed by atoms with van der Waals surface area (Å²) in [7, 11) is 0. The summed E-state index contributed by atoms with van der Waals surface area (Å²) in [6, 6.07) is 14.0. The Labute approximate surface area is 171 Å². The number of halogens is 1. The molecule has 1 fully saturated rings. The lowest BCUT2D eigenvalue weighted by Crippen LogP contribution is -2.48. The summed E-state index contributed by atoms with van der Waals surface area (Å²) in [5.74, 6) is 0.380. The highest BCUT2D eigenvalue weighted by Crippen LogP contribution is 2.28. The lowest BCUT2D eigenvalue weighted by Gasteiger charge is -2.22. The molecule has 0 aliphatic heterocycles. The number of benzene rings is 2. The SMILES string of the molecule is CCOc1ccc(NC(=O)c2ccc(NC(=O)C3(N)CCCC3)cc2)cc1.Cl. The fourth-order valence-corrected chi connectivity index (χ4v) is 3.20. The van der Waals surface area contributed by atoms with Crippen LogP contribution in [-0.2, 0) is 4.79 Å². The highest BCUT2D eigenvalue weighted by molar-refractivity contribution is 6.05. The lowest BCUT2D eigenvalue weighted by atomic mass is 9.98. The zero-order chi connectivity index (χ0) is 19.3. The van der Waals surface area contributed by atoms with E-state index in [9.17, 15) is 9.59 Å². The molecule has 28 heavy (non-hydrogen) atoms. The molecule has 2 aromatic rings. The third-order valence-electron chi connectivity index (χ3n) is 4.78. The predicted molar refractivity (Wildman–Crippen MR) is 113 cm³/mol. The molecule has 2 aromatic carbocycles. The quantitative estimate of drug-likeness (QED) is 0.680. The Hall–Kier alpha value is -2.57. The first-order valence-corrected chi connectivity index (χ1v) is 9.25. The second-order valence-corrected chi connectivity index (χ2v) is 6.81. The van der Waals surface area contributed by atoms with Crippen LogP contribution in [0.5, 0.6) is 5.75 Å². The van der Waals surface area contributed by atoms with Gasteiger partial charge in [-0.1, -0.05) is 12.8 Å². The minimum absolute atomic E-state index is 0. The average Bonchev–Trinajstić information content (AvgIpc) is 3.12. The molecule has 2 amide bonds. The maximum atomic E-state index is 12.4. The summed E-state index contributed by atoms with van der Waals surface area (Å²) in [6.07, 6.45) is 3.38. The number of hydrogen-bond donors (Lipinski definition) is 3. The summed E-state index contributed by atoms with van der Waals surface area (Å²) < 4.78 is 5.38. The molecule has 0 atom stereocenters. The summed E-state index contributed by atoms with van der Waals surface area (Å²) in [5.41, 5.74) is 7.21. The van der Waals surface area contributed by atoms with Crippen LogP contribution in [0.15, 0.2) is 48.5 Å². The van der Waals surface area contributed by atoms with Gasteiger partial charge in [-0.3, -0.25) is 9.59 Å². The molecule has 7 heteroatoms. The highest BCUT2D eigenvalue weighted by Gasteiger charge is 2.36. The van der Waals surface area contributed by atoms with E-state index < -0.39 is 5.54 Å². The third-order valence-corrected chi connectivity index (χ3v) is 4.78. The normalized spacial score (nSPS) is 14.6. The maximum Gasteiger partial charge on any atom is 0.255 e. The first-order chi connectivity index (χ1) is 13.0. The van der Waals surface area contributed by atoms with E-state index in [1.54, 1.807) is 36.4 Å². The molecule has 150 valence electrons. The lowest BCUT2D eigenvalue weighted by molar-refractivity contribution is -0.121. The van der Waals surface area contributed by atoms with Gasteiger partial charge >= 0.3 is 0 Å². The second-order valence-electron chi connectivity index (χ2n) is 6.81. The Bertz CT molecular complexity index is 801. The molecule has 0 radical (unpaired) electrons. The van der Waals surface area contributed by atoms with Gasteiger partial charge in [0.1, 0.15) is 5.75 Å². The van der Waals surface area contributed by atoms with Crippen molar-refractivity contribution in [2.75, 3.05) is 17.2 Å². The molecule has 3 rings (SSSR count). The van der Waals surface area contributed by atoms with E-state index in [0.29, 0.717) is 36.4 Å². The standard InChI is InChI=1S/C21H25N3O3.ClH/c1-2-27-18-11-9-16(10-12-18)23-19(25)15-5-7-17(8-6-15)24-20(26)21(22)13-3-4-14-21;/h5-12H,2-4,13-14,22H2,1H3,(H,23,25)(H,24,26);1H. The van der Waals surface area contributed by atoms with E-state index in [4.69, 9.17) is 10.5 Å². The number of carbonyl (C=O) groups excluding carboxylic acids is 2. The van der Waals surface area contributed by atoms with E-state index in [1.165, 1.54) is 0 Å². The van der Waals surface area contributed by atoms with Crippen LogP contribution in [0.2, 0.25) is 0 Å². The van der Waals surface area contributed by atoms with E-state index in [-0.39, 0.29) is 24.2 Å². The molecular formula is C21H26ClN3O3. The third kappa shape index (κ3) is 5.24. The maximum absolute atomic E-state index is 12.4. The van der Waals surface area contributed by atoms with Crippen molar-refractivity contribution in [2.45, 2.75) is 38.1 Å². The smallest absolute Gasteiger partial charge is 0.255 e. The Morgan fingerprint density at radius 2 is 1.50 bits per heavy atom. The van der Waals surface area contributed by atoms with Crippen molar-refractivity contribution in [3.63, 3.8) is 0 Å². The van der Waals surface area contributed by atoms with Crippen LogP contribution in [0, 0.1) is 0 Å². The van der Waals surface area contributed by atoms with Crippen LogP contribution in [-0.4, -0.2) is 24.0 Å². The van der Waals surface area contributed by atoms with Gasteiger partial charge in [0.15, 0.2) is 0 Å². The molecule has 0 spiro atoms. The molecule has 4 N–H and O–H groups in total. The van der Waals surface area contributed by atoms with Crippen LogP contribution in [0.1, 0.15) is 43.0 Å². The minimum Gasteiger partial charge on any atom is -0.494 e. The zero-order valence-electron chi connectivity index (χ0n) is 15.9. The Balaban J connectivity index is 0.00000280. The largest absolute Gasteiger partial charge is 0.494 e. The summed E-state index contributed by atoms with van der Waals surface area (Å²) in [6.45, 7) is 2.52. The van der Waals surface area contributed by atoms with Gasteiger partial charge in [0.2, 0.25) is 5.91 Å². The van der Waals surface area contributed by atoms with Gasteiger partial charge in [0.25, 0.3) is 5.91 Å². The van der Waals surface area contributed by atoms with Crippen LogP contribution in [0.25, 0.3) is 0 Å². The number of rotatable bonds is 6. The Kier molecular flexibility index (Phi) is 7.43. The van der Waals surface area contributed by atoms with Crippen molar-refractivity contribution >= 4 is 35.6 Å². The first-order valence-electron chi connectivity index (χ1n) is 9.25. The molecule has 0 saturated heterocycles. The Morgan fingerprint density at radius 3 is 2.07 bits per heavy atom. The van der Waals surface area contributed by atoms with Crippen molar-refractivity contribution in [1.29, 1.82) is 0 Å². The van der Waals surface area contributed by atoms with Gasteiger partial charge in [0.05, 0.1) is 12.1 Å². The van der Waals surface area contributed by atoms with E-state index in [1.807, 2.05) is 19.1 Å². The minimum atomic E-state index is -0.774. The van der Waals surface area contributed by atoms with Crippen molar-refractivity contribution in [1.82, 2.24) is 0 Å². The van der Waals surface area contributed by atoms with E-state index in [2.05, 4.69) is 10.6 Å². The molecule has 1 aliphatic carbocycles. The molecule has 0 bridgehead atoms. The van der Waals surface area contributed by atoms with Crippen LogP contribution >= 0.6 is 12.4 Å². The number of nitrogens with two attached hydrogens (primary N) is 1. The van der Waals surface area contributed by atoms with Gasteiger partial charge in [-0.2, -0.15) is 0 Å². The molecule has 1 aliphatic rings. The number of hydrogen-bond acceptors (Lipinski definition) is 4. The Morgan fingerprint density at radius 1 is 0.964 bits per heavy atom. The van der Waals surface area contributed by atoms with Crippen LogP contribution in [0.3, 0.4) is 0 Å². The summed E-state index contributed by atoms with van der Waals surface area (Å²) >= 11 is 0. The average molecular weight is 404 g/mol. The van der Waals surface area contributed by atoms with Crippen LogP contribution < -0.4 is 21.1 Å². The van der Waals surface area contributed by atoms with E-state index >= 15 is 0 Å².